The molecule has 1 aromatic heterocycles. The van der Waals surface area contributed by atoms with Gasteiger partial charge < -0.3 is 4.74 Å². The second kappa shape index (κ2) is 9.00. The summed E-state index contributed by atoms with van der Waals surface area (Å²) in [6.45, 7) is -0.227. The summed E-state index contributed by atoms with van der Waals surface area (Å²) in [5.74, 6) is 0. The third kappa shape index (κ3) is 5.28. The monoisotopic (exact) mass is 501 g/mol. The minimum atomic E-state index is -4.43. The van der Waals surface area contributed by atoms with Crippen molar-refractivity contribution in [2.75, 3.05) is 5.32 Å². The van der Waals surface area contributed by atoms with E-state index in [1.54, 1.807) is 36.0 Å². The molecule has 30 heavy (non-hydrogen) atoms. The number of benzene rings is 2. The summed E-state index contributed by atoms with van der Waals surface area (Å²) >= 11 is 2.95. The fourth-order valence-electron chi connectivity index (χ4n) is 2.69. The molecule has 6 nitrogen and oxygen atoms in total. The van der Waals surface area contributed by atoms with Crippen LogP contribution in [0, 0.1) is 0 Å². The van der Waals surface area contributed by atoms with Gasteiger partial charge >= 0.3 is 11.6 Å². The Morgan fingerprint density at radius 3 is 2.53 bits per heavy atom. The summed E-state index contributed by atoms with van der Waals surface area (Å²) in [6.07, 6.45) is -0.865. The van der Waals surface area contributed by atoms with Crippen molar-refractivity contribution < 1.29 is 22.7 Å². The largest absolute Gasteiger partial charge is 0.446 e. The molecule has 0 atom stereocenters. The predicted octanol–water partition coefficient (Wildman–Crippen LogP) is 5.30. The van der Waals surface area contributed by atoms with Gasteiger partial charge in [0.15, 0.2) is 0 Å². The van der Waals surface area contributed by atoms with Crippen LogP contribution in [0.5, 0.6) is 0 Å². The van der Waals surface area contributed by atoms with Gasteiger partial charge in [0, 0.05) is 17.6 Å². The van der Waals surface area contributed by atoms with E-state index in [9.17, 15) is 22.8 Å². The number of thioether (sulfide) groups is 1. The normalized spacial score (nSPS) is 11.4. The highest BCUT2D eigenvalue weighted by molar-refractivity contribution is 9.10. The minimum absolute atomic E-state index is 0.0645. The Bertz CT molecular complexity index is 1110. The molecular formula is C19H15BrF3N3O3S. The van der Waals surface area contributed by atoms with Crippen molar-refractivity contribution in [2.45, 2.75) is 17.0 Å². The molecule has 158 valence electrons. The zero-order chi connectivity index (χ0) is 21.9. The smallest absolute Gasteiger partial charge is 0.443 e. The van der Waals surface area contributed by atoms with E-state index < -0.39 is 11.6 Å². The number of alkyl halides is 3. The lowest BCUT2D eigenvalue weighted by Crippen LogP contribution is -2.20. The van der Waals surface area contributed by atoms with Crippen molar-refractivity contribution in [3.63, 3.8) is 0 Å². The molecule has 11 heteroatoms. The quantitative estimate of drug-likeness (QED) is 0.481. The molecule has 1 heterocycles. The number of nitrogens with zero attached hydrogens (tertiary/aromatic N) is 2. The topological polar surface area (TPSA) is 65.3 Å². The second-order valence-corrected chi connectivity index (χ2v) is 7.94. The lowest BCUT2D eigenvalue weighted by molar-refractivity contribution is -0.0328. The number of nitrogens with one attached hydrogen (secondary N) is 1. The van der Waals surface area contributed by atoms with Crippen molar-refractivity contribution in [1.29, 1.82) is 0 Å². The standard InChI is InChI=1S/C19H15BrF3N3O3S/c1-25-15(16(20)17(27)26(25)13-7-3-2-4-8-13)11-29-18(28)24-12-6-5-9-14(10-12)30-19(21,22)23/h2-10H,11H2,1H3,(H,24,28). The molecule has 3 rings (SSSR count). The van der Waals surface area contributed by atoms with Crippen molar-refractivity contribution >= 4 is 39.5 Å². The van der Waals surface area contributed by atoms with E-state index in [4.69, 9.17) is 4.74 Å². The fraction of sp³-hybridized carbons (Fsp3) is 0.158. The van der Waals surface area contributed by atoms with Gasteiger partial charge in [-0.3, -0.25) is 14.8 Å². The van der Waals surface area contributed by atoms with Crippen LogP contribution in [0.1, 0.15) is 5.69 Å². The highest BCUT2D eigenvalue weighted by atomic mass is 79.9. The Kier molecular flexibility index (Phi) is 6.61. The van der Waals surface area contributed by atoms with Crippen LogP contribution >= 0.6 is 27.7 Å². The first-order valence-corrected chi connectivity index (χ1v) is 10.1. The number of amides is 1. The SMILES string of the molecule is Cn1c(COC(=O)Nc2cccc(SC(F)(F)F)c2)c(Br)c(=O)n1-c1ccccc1. The molecular weight excluding hydrogens is 487 g/mol. The number of para-hydroxylation sites is 1. The third-order valence-corrected chi connectivity index (χ3v) is 5.50. The summed E-state index contributed by atoms with van der Waals surface area (Å²) in [4.78, 5) is 24.6. The van der Waals surface area contributed by atoms with Crippen LogP contribution < -0.4 is 10.9 Å². The molecule has 0 fully saturated rings. The zero-order valence-electron chi connectivity index (χ0n) is 15.4. The molecule has 0 aliphatic rings. The van der Waals surface area contributed by atoms with Gasteiger partial charge in [-0.05, 0) is 58.0 Å². The average Bonchev–Trinajstić information content (AvgIpc) is 2.88. The number of anilines is 1. The predicted molar refractivity (Wildman–Crippen MR) is 111 cm³/mol. The summed E-state index contributed by atoms with van der Waals surface area (Å²) in [6, 6.07) is 14.2. The van der Waals surface area contributed by atoms with E-state index >= 15 is 0 Å². The van der Waals surface area contributed by atoms with Gasteiger partial charge in [0.25, 0.3) is 5.56 Å². The van der Waals surface area contributed by atoms with Crippen molar-refractivity contribution in [2.24, 2.45) is 7.05 Å². The maximum absolute atomic E-state index is 12.5. The van der Waals surface area contributed by atoms with E-state index in [1.165, 1.54) is 28.9 Å². The lowest BCUT2D eigenvalue weighted by Gasteiger charge is -2.11. The molecule has 3 aromatic rings. The first-order chi connectivity index (χ1) is 14.2. The van der Waals surface area contributed by atoms with Crippen LogP contribution in [0.25, 0.3) is 5.69 Å². The highest BCUT2D eigenvalue weighted by Crippen LogP contribution is 2.37. The third-order valence-electron chi connectivity index (χ3n) is 3.98. The van der Waals surface area contributed by atoms with Crippen LogP contribution in [0.4, 0.5) is 23.7 Å². The van der Waals surface area contributed by atoms with Crippen molar-refractivity contribution in [1.82, 2.24) is 9.36 Å². The molecule has 0 aliphatic carbocycles. The molecule has 1 N–H and O–H groups in total. The maximum atomic E-state index is 12.5. The fourth-order valence-corrected chi connectivity index (χ4v) is 3.83. The zero-order valence-corrected chi connectivity index (χ0v) is 17.8. The van der Waals surface area contributed by atoms with Crippen LogP contribution in [0.15, 0.2) is 68.8 Å². The first-order valence-electron chi connectivity index (χ1n) is 8.47. The summed E-state index contributed by atoms with van der Waals surface area (Å²) in [5, 5.41) is 2.38. The van der Waals surface area contributed by atoms with Gasteiger partial charge in [0.2, 0.25) is 0 Å². The Hall–Kier alpha value is -2.66. The number of carbonyl (C=O) groups is 1. The maximum Gasteiger partial charge on any atom is 0.446 e. The molecule has 0 bridgehead atoms. The Balaban J connectivity index is 1.70. The number of hydrogen-bond donors (Lipinski definition) is 1. The van der Waals surface area contributed by atoms with E-state index in [-0.39, 0.29) is 39.0 Å². The number of ether oxygens (including phenoxy) is 1. The number of carbonyl (C=O) groups excluding carboxylic acids is 1. The summed E-state index contributed by atoms with van der Waals surface area (Å²) < 4.78 is 45.8. The Morgan fingerprint density at radius 1 is 1.17 bits per heavy atom. The van der Waals surface area contributed by atoms with Crippen LogP contribution in [0.2, 0.25) is 0 Å². The molecule has 0 unspecified atom stereocenters. The van der Waals surface area contributed by atoms with Crippen LogP contribution in [0.3, 0.4) is 0 Å². The molecule has 0 aliphatic heterocycles. The lowest BCUT2D eigenvalue weighted by atomic mass is 10.3. The van der Waals surface area contributed by atoms with Gasteiger partial charge in [0.05, 0.1) is 11.4 Å². The molecule has 0 spiro atoms. The average molecular weight is 502 g/mol. The van der Waals surface area contributed by atoms with E-state index in [0.29, 0.717) is 11.4 Å². The highest BCUT2D eigenvalue weighted by Gasteiger charge is 2.29. The van der Waals surface area contributed by atoms with Crippen molar-refractivity contribution in [3.8, 4) is 5.69 Å². The summed E-state index contributed by atoms with van der Waals surface area (Å²) in [7, 11) is 1.65. The molecule has 1 amide bonds. The van der Waals surface area contributed by atoms with Gasteiger partial charge in [-0.25, -0.2) is 9.48 Å². The number of halogens is 4. The Labute approximate surface area is 181 Å². The van der Waals surface area contributed by atoms with Gasteiger partial charge in [-0.2, -0.15) is 13.2 Å². The van der Waals surface area contributed by atoms with Crippen molar-refractivity contribution in [3.05, 3.63) is 75.1 Å². The van der Waals surface area contributed by atoms with Crippen LogP contribution in [-0.2, 0) is 18.4 Å². The number of rotatable bonds is 5. The first kappa shape index (κ1) is 22.0. The van der Waals surface area contributed by atoms with E-state index in [2.05, 4.69) is 21.2 Å². The number of aromatic nitrogens is 2. The van der Waals surface area contributed by atoms with Crippen LogP contribution in [-0.4, -0.2) is 21.0 Å². The molecule has 0 saturated carbocycles. The molecule has 0 saturated heterocycles. The second-order valence-electron chi connectivity index (χ2n) is 6.01. The van der Waals surface area contributed by atoms with Gasteiger partial charge in [-0.1, -0.05) is 24.3 Å². The van der Waals surface area contributed by atoms with E-state index in [0.717, 1.165) is 0 Å². The van der Waals surface area contributed by atoms with Gasteiger partial charge in [0.1, 0.15) is 11.1 Å². The minimum Gasteiger partial charge on any atom is -0.443 e. The number of hydrogen-bond acceptors (Lipinski definition) is 4. The Morgan fingerprint density at radius 2 is 1.87 bits per heavy atom. The summed E-state index contributed by atoms with van der Waals surface area (Å²) in [5.41, 5.74) is -3.54. The molecule has 0 radical (unpaired) electrons. The van der Waals surface area contributed by atoms with E-state index in [1.807, 2.05) is 6.07 Å². The van der Waals surface area contributed by atoms with Gasteiger partial charge in [-0.15, -0.1) is 0 Å². The molecule has 2 aromatic carbocycles.